The second-order valence-corrected chi connectivity index (χ2v) is 5.89. The summed E-state index contributed by atoms with van der Waals surface area (Å²) in [6.07, 6.45) is 2.48. The Morgan fingerprint density at radius 1 is 1.09 bits per heavy atom. The number of fused-ring (bicyclic) bond motifs is 1. The van der Waals surface area contributed by atoms with Gasteiger partial charge in [-0.25, -0.2) is 9.97 Å². The van der Waals surface area contributed by atoms with Gasteiger partial charge in [0.2, 0.25) is 6.79 Å². The van der Waals surface area contributed by atoms with Crippen LogP contribution >= 0.6 is 0 Å². The maximum atomic E-state index is 5.41. The first-order valence-corrected chi connectivity index (χ1v) is 8.01. The van der Waals surface area contributed by atoms with Gasteiger partial charge in [-0.2, -0.15) is 0 Å². The molecule has 6 nitrogen and oxygen atoms in total. The van der Waals surface area contributed by atoms with Crippen LogP contribution in [0.2, 0.25) is 0 Å². The third kappa shape index (κ3) is 3.02. The minimum atomic E-state index is 0.302. The SMILES string of the molecule is Cc1nc(NCc2ccc3c(c2)OCO3)cc(N2CCCC2)n1. The predicted octanol–water partition coefficient (Wildman–Crippen LogP) is 2.73. The molecular weight excluding hydrogens is 292 g/mol. The molecule has 2 aliphatic rings. The molecule has 23 heavy (non-hydrogen) atoms. The lowest BCUT2D eigenvalue weighted by atomic mass is 10.2. The zero-order valence-electron chi connectivity index (χ0n) is 13.2. The molecule has 0 amide bonds. The molecule has 1 N–H and O–H groups in total. The van der Waals surface area contributed by atoms with Gasteiger partial charge >= 0.3 is 0 Å². The lowest BCUT2D eigenvalue weighted by Crippen LogP contribution is -2.20. The van der Waals surface area contributed by atoms with Gasteiger partial charge in [-0.1, -0.05) is 6.07 Å². The first-order chi connectivity index (χ1) is 11.3. The van der Waals surface area contributed by atoms with Crippen LogP contribution in [-0.2, 0) is 6.54 Å². The van der Waals surface area contributed by atoms with Crippen molar-refractivity contribution in [1.29, 1.82) is 0 Å². The Hall–Kier alpha value is -2.50. The molecule has 6 heteroatoms. The molecule has 0 radical (unpaired) electrons. The number of hydrogen-bond acceptors (Lipinski definition) is 6. The molecule has 0 bridgehead atoms. The molecule has 2 aromatic rings. The predicted molar refractivity (Wildman–Crippen MR) is 88.1 cm³/mol. The lowest BCUT2D eigenvalue weighted by Gasteiger charge is -2.17. The number of hydrogen-bond donors (Lipinski definition) is 1. The van der Waals surface area contributed by atoms with Gasteiger partial charge in [-0.3, -0.25) is 0 Å². The van der Waals surface area contributed by atoms with E-state index < -0.39 is 0 Å². The van der Waals surface area contributed by atoms with Crippen molar-refractivity contribution in [3.05, 3.63) is 35.7 Å². The molecule has 0 aliphatic carbocycles. The van der Waals surface area contributed by atoms with Crippen LogP contribution in [0.4, 0.5) is 11.6 Å². The average Bonchev–Trinajstić information content (AvgIpc) is 3.23. The van der Waals surface area contributed by atoms with E-state index >= 15 is 0 Å². The van der Waals surface area contributed by atoms with E-state index in [-0.39, 0.29) is 0 Å². The van der Waals surface area contributed by atoms with Gasteiger partial charge in [-0.05, 0) is 37.5 Å². The van der Waals surface area contributed by atoms with Crippen molar-refractivity contribution in [1.82, 2.24) is 9.97 Å². The number of benzene rings is 1. The second-order valence-electron chi connectivity index (χ2n) is 5.89. The Kier molecular flexibility index (Phi) is 3.65. The summed E-state index contributed by atoms with van der Waals surface area (Å²) in [6.45, 7) is 5.09. The maximum absolute atomic E-state index is 5.41. The van der Waals surface area contributed by atoms with Gasteiger partial charge in [0.25, 0.3) is 0 Å². The molecule has 1 aromatic carbocycles. The van der Waals surface area contributed by atoms with Gasteiger partial charge in [0.05, 0.1) is 0 Å². The number of nitrogens with one attached hydrogen (secondary N) is 1. The number of aryl methyl sites for hydroxylation is 1. The topological polar surface area (TPSA) is 59.5 Å². The Bertz CT molecular complexity index is 714. The third-order valence-electron chi connectivity index (χ3n) is 4.17. The Morgan fingerprint density at radius 3 is 2.78 bits per heavy atom. The maximum Gasteiger partial charge on any atom is 0.231 e. The van der Waals surface area contributed by atoms with Crippen molar-refractivity contribution in [3.63, 3.8) is 0 Å². The van der Waals surface area contributed by atoms with E-state index in [1.807, 2.05) is 31.2 Å². The van der Waals surface area contributed by atoms with Gasteiger partial charge in [0, 0.05) is 25.7 Å². The van der Waals surface area contributed by atoms with Crippen LogP contribution in [0.1, 0.15) is 24.2 Å². The van der Waals surface area contributed by atoms with Gasteiger partial charge in [-0.15, -0.1) is 0 Å². The average molecular weight is 312 g/mol. The standard InChI is InChI=1S/C17H20N4O2/c1-12-19-16(9-17(20-12)21-6-2-3-7-21)18-10-13-4-5-14-15(8-13)23-11-22-14/h4-5,8-9H,2-3,6-7,10-11H2,1H3,(H,18,19,20). The summed E-state index contributed by atoms with van der Waals surface area (Å²) < 4.78 is 10.8. The van der Waals surface area contributed by atoms with Crippen molar-refractivity contribution < 1.29 is 9.47 Å². The second kappa shape index (κ2) is 5.95. The van der Waals surface area contributed by atoms with Crippen molar-refractivity contribution >= 4 is 11.6 Å². The minimum absolute atomic E-state index is 0.302. The number of nitrogens with zero attached hydrogens (tertiary/aromatic N) is 3. The van der Waals surface area contributed by atoms with Crippen LogP contribution in [0.15, 0.2) is 24.3 Å². The van der Waals surface area contributed by atoms with Gasteiger partial charge < -0.3 is 19.7 Å². The normalized spacial score (nSPS) is 16.0. The highest BCUT2D eigenvalue weighted by Crippen LogP contribution is 2.32. The largest absolute Gasteiger partial charge is 0.454 e. The summed E-state index contributed by atoms with van der Waals surface area (Å²) in [7, 11) is 0. The lowest BCUT2D eigenvalue weighted by molar-refractivity contribution is 0.174. The number of ether oxygens (including phenoxy) is 2. The van der Waals surface area contributed by atoms with E-state index in [2.05, 4.69) is 20.2 Å². The van der Waals surface area contributed by atoms with Crippen molar-refractivity contribution in [2.24, 2.45) is 0 Å². The highest BCUT2D eigenvalue weighted by molar-refractivity contribution is 5.51. The van der Waals surface area contributed by atoms with Crippen LogP contribution in [-0.4, -0.2) is 29.9 Å². The van der Waals surface area contributed by atoms with Gasteiger partial charge in [0.15, 0.2) is 11.5 Å². The van der Waals surface area contributed by atoms with Crippen LogP contribution in [0.5, 0.6) is 11.5 Å². The quantitative estimate of drug-likeness (QED) is 0.937. The summed E-state index contributed by atoms with van der Waals surface area (Å²) in [5, 5.41) is 3.38. The smallest absolute Gasteiger partial charge is 0.231 e. The summed E-state index contributed by atoms with van der Waals surface area (Å²) >= 11 is 0. The zero-order valence-corrected chi connectivity index (χ0v) is 13.2. The molecular formula is C17H20N4O2. The van der Waals surface area contributed by atoms with E-state index in [4.69, 9.17) is 9.47 Å². The molecule has 1 fully saturated rings. The molecule has 1 saturated heterocycles. The van der Waals surface area contributed by atoms with Crippen molar-refractivity contribution in [2.45, 2.75) is 26.3 Å². The van der Waals surface area contributed by atoms with Crippen LogP contribution in [0.25, 0.3) is 0 Å². The molecule has 0 spiro atoms. The Balaban J connectivity index is 1.48. The van der Waals surface area contributed by atoms with Gasteiger partial charge in [0.1, 0.15) is 17.5 Å². The van der Waals surface area contributed by atoms with E-state index in [0.717, 1.165) is 47.6 Å². The highest BCUT2D eigenvalue weighted by Gasteiger charge is 2.16. The van der Waals surface area contributed by atoms with E-state index in [9.17, 15) is 0 Å². The van der Waals surface area contributed by atoms with E-state index in [0.29, 0.717) is 13.3 Å². The fraction of sp³-hybridized carbons (Fsp3) is 0.412. The summed E-state index contributed by atoms with van der Waals surface area (Å²) in [6, 6.07) is 8.02. The molecule has 120 valence electrons. The molecule has 0 atom stereocenters. The first kappa shape index (κ1) is 14.1. The number of anilines is 2. The zero-order chi connectivity index (χ0) is 15.6. The molecule has 2 aliphatic heterocycles. The minimum Gasteiger partial charge on any atom is -0.454 e. The van der Waals surface area contributed by atoms with Crippen LogP contribution in [0.3, 0.4) is 0 Å². The molecule has 0 unspecified atom stereocenters. The first-order valence-electron chi connectivity index (χ1n) is 8.01. The molecule has 0 saturated carbocycles. The van der Waals surface area contributed by atoms with Crippen LogP contribution in [0, 0.1) is 6.92 Å². The summed E-state index contributed by atoms with van der Waals surface area (Å²) in [4.78, 5) is 11.4. The summed E-state index contributed by atoms with van der Waals surface area (Å²) in [5.41, 5.74) is 1.13. The highest BCUT2D eigenvalue weighted by atomic mass is 16.7. The van der Waals surface area contributed by atoms with E-state index in [1.165, 1.54) is 12.8 Å². The Labute approximate surface area is 135 Å². The molecule has 3 heterocycles. The fourth-order valence-electron chi connectivity index (χ4n) is 2.99. The monoisotopic (exact) mass is 312 g/mol. The fourth-order valence-corrected chi connectivity index (χ4v) is 2.99. The number of aromatic nitrogens is 2. The van der Waals surface area contributed by atoms with Crippen molar-refractivity contribution in [3.8, 4) is 11.5 Å². The van der Waals surface area contributed by atoms with Crippen molar-refractivity contribution in [2.75, 3.05) is 30.1 Å². The Morgan fingerprint density at radius 2 is 1.91 bits per heavy atom. The summed E-state index contributed by atoms with van der Waals surface area (Å²) in [5.74, 6) is 4.28. The van der Waals surface area contributed by atoms with E-state index in [1.54, 1.807) is 0 Å². The molecule has 4 rings (SSSR count). The molecule has 1 aromatic heterocycles. The van der Waals surface area contributed by atoms with Crippen LogP contribution < -0.4 is 19.7 Å². The third-order valence-corrected chi connectivity index (χ3v) is 4.17. The number of rotatable bonds is 4.